The smallest absolute Gasteiger partial charge is 0.340 e. The Morgan fingerprint density at radius 2 is 2.14 bits per heavy atom. The lowest BCUT2D eigenvalue weighted by Gasteiger charge is -2.08. The monoisotopic (exact) mass is 289 g/mol. The first-order valence-electron chi connectivity index (χ1n) is 6.91. The Morgan fingerprint density at radius 3 is 2.86 bits per heavy atom. The molecule has 0 aliphatic carbocycles. The van der Waals surface area contributed by atoms with E-state index in [0.717, 1.165) is 13.0 Å². The van der Waals surface area contributed by atoms with Gasteiger partial charge in [0.05, 0.1) is 24.6 Å². The van der Waals surface area contributed by atoms with Crippen molar-refractivity contribution in [2.75, 3.05) is 12.3 Å². The summed E-state index contributed by atoms with van der Waals surface area (Å²) in [4.78, 5) is 11.8. The Bertz CT molecular complexity index is 622. The highest BCUT2D eigenvalue weighted by atomic mass is 16.5. The van der Waals surface area contributed by atoms with Crippen molar-refractivity contribution in [1.29, 1.82) is 0 Å². The molecule has 0 saturated heterocycles. The van der Waals surface area contributed by atoms with Gasteiger partial charge in [-0.25, -0.2) is 4.79 Å². The van der Waals surface area contributed by atoms with Gasteiger partial charge in [-0.15, -0.1) is 0 Å². The fourth-order valence-corrected chi connectivity index (χ4v) is 1.87. The van der Waals surface area contributed by atoms with Crippen LogP contribution in [0, 0.1) is 0 Å². The molecule has 0 atom stereocenters. The first-order chi connectivity index (χ1) is 10.1. The number of esters is 1. The van der Waals surface area contributed by atoms with Gasteiger partial charge in [0.15, 0.2) is 5.75 Å². The molecule has 2 N–H and O–H groups in total. The van der Waals surface area contributed by atoms with Crippen molar-refractivity contribution in [2.45, 2.75) is 26.8 Å². The first-order valence-corrected chi connectivity index (χ1v) is 6.91. The van der Waals surface area contributed by atoms with E-state index in [1.54, 1.807) is 36.0 Å². The number of aromatic nitrogens is 2. The minimum absolute atomic E-state index is 0.299. The van der Waals surface area contributed by atoms with Crippen LogP contribution in [0.1, 0.15) is 30.6 Å². The van der Waals surface area contributed by atoms with E-state index in [2.05, 4.69) is 12.0 Å². The van der Waals surface area contributed by atoms with E-state index >= 15 is 0 Å². The Labute approximate surface area is 123 Å². The molecule has 0 fully saturated rings. The lowest BCUT2D eigenvalue weighted by molar-refractivity contribution is 0.0527. The molecule has 1 aromatic carbocycles. The fraction of sp³-hybridized carbons (Fsp3) is 0.333. The van der Waals surface area contributed by atoms with Gasteiger partial charge in [-0.3, -0.25) is 4.68 Å². The van der Waals surface area contributed by atoms with E-state index in [4.69, 9.17) is 15.2 Å². The number of rotatable bonds is 6. The van der Waals surface area contributed by atoms with Crippen LogP contribution in [0.5, 0.6) is 11.5 Å². The number of nitrogens with two attached hydrogens (primary N) is 1. The second kappa shape index (κ2) is 6.78. The van der Waals surface area contributed by atoms with Crippen molar-refractivity contribution in [2.24, 2.45) is 0 Å². The van der Waals surface area contributed by atoms with Crippen LogP contribution < -0.4 is 10.5 Å². The van der Waals surface area contributed by atoms with Gasteiger partial charge in [-0.1, -0.05) is 6.92 Å². The Hall–Kier alpha value is -2.50. The third kappa shape index (κ3) is 3.75. The standard InChI is InChI=1S/C15H19N3O3/c1-3-7-18-10-12(9-17-18)21-11-5-6-14(16)13(8-11)15(19)20-4-2/h5-6,8-10H,3-4,7,16H2,1-2H3. The highest BCUT2D eigenvalue weighted by molar-refractivity contribution is 5.95. The number of nitrogen functional groups attached to an aromatic ring is 1. The van der Waals surface area contributed by atoms with E-state index < -0.39 is 5.97 Å². The molecule has 0 unspecified atom stereocenters. The molecule has 21 heavy (non-hydrogen) atoms. The number of hydrogen-bond donors (Lipinski definition) is 1. The van der Waals surface area contributed by atoms with Crippen LogP contribution in [0.3, 0.4) is 0 Å². The summed E-state index contributed by atoms with van der Waals surface area (Å²) in [7, 11) is 0. The predicted molar refractivity (Wildman–Crippen MR) is 79.4 cm³/mol. The van der Waals surface area contributed by atoms with Gasteiger partial charge in [0.1, 0.15) is 5.75 Å². The SMILES string of the molecule is CCCn1cc(Oc2ccc(N)c(C(=O)OCC)c2)cn1. The van der Waals surface area contributed by atoms with Crippen molar-refractivity contribution in [3.05, 3.63) is 36.2 Å². The number of nitrogens with zero attached hydrogens (tertiary/aromatic N) is 2. The van der Waals surface area contributed by atoms with Gasteiger partial charge in [0.2, 0.25) is 0 Å². The molecule has 0 saturated carbocycles. The van der Waals surface area contributed by atoms with Crippen LogP contribution >= 0.6 is 0 Å². The second-order valence-electron chi connectivity index (χ2n) is 4.51. The van der Waals surface area contributed by atoms with Crippen LogP contribution in [0.25, 0.3) is 0 Å². The van der Waals surface area contributed by atoms with Crippen LogP contribution in [-0.2, 0) is 11.3 Å². The normalized spacial score (nSPS) is 10.4. The van der Waals surface area contributed by atoms with Gasteiger partial charge in [-0.05, 0) is 31.5 Å². The summed E-state index contributed by atoms with van der Waals surface area (Å²) in [5.74, 6) is 0.674. The maximum absolute atomic E-state index is 11.8. The quantitative estimate of drug-likeness (QED) is 0.653. The van der Waals surface area contributed by atoms with Gasteiger partial charge < -0.3 is 15.2 Å². The molecule has 0 bridgehead atoms. The van der Waals surface area contributed by atoms with E-state index in [0.29, 0.717) is 29.4 Å². The maximum Gasteiger partial charge on any atom is 0.340 e. The molecule has 0 amide bonds. The van der Waals surface area contributed by atoms with Gasteiger partial charge in [0, 0.05) is 12.2 Å². The van der Waals surface area contributed by atoms with Crippen molar-refractivity contribution in [3.63, 3.8) is 0 Å². The number of benzene rings is 1. The molecule has 0 aliphatic rings. The molecule has 0 spiro atoms. The van der Waals surface area contributed by atoms with Crippen LogP contribution in [0.15, 0.2) is 30.6 Å². The van der Waals surface area contributed by atoms with Crippen molar-refractivity contribution in [3.8, 4) is 11.5 Å². The van der Waals surface area contributed by atoms with Crippen LogP contribution in [0.2, 0.25) is 0 Å². The number of hydrogen-bond acceptors (Lipinski definition) is 5. The zero-order chi connectivity index (χ0) is 15.2. The lowest BCUT2D eigenvalue weighted by Crippen LogP contribution is -2.08. The van der Waals surface area contributed by atoms with Crippen molar-refractivity contribution >= 4 is 11.7 Å². The highest BCUT2D eigenvalue weighted by Crippen LogP contribution is 2.25. The first kappa shape index (κ1) is 14.9. The van der Waals surface area contributed by atoms with Gasteiger partial charge in [0.25, 0.3) is 0 Å². The molecule has 6 nitrogen and oxygen atoms in total. The zero-order valence-electron chi connectivity index (χ0n) is 12.2. The van der Waals surface area contributed by atoms with Crippen LogP contribution in [0.4, 0.5) is 5.69 Å². The van der Waals surface area contributed by atoms with E-state index in [1.807, 2.05) is 6.20 Å². The Balaban J connectivity index is 2.16. The largest absolute Gasteiger partial charge is 0.462 e. The van der Waals surface area contributed by atoms with Gasteiger partial charge >= 0.3 is 5.97 Å². The molecule has 2 rings (SSSR count). The van der Waals surface area contributed by atoms with E-state index in [1.165, 1.54) is 0 Å². The molecule has 1 aromatic heterocycles. The Morgan fingerprint density at radius 1 is 1.33 bits per heavy atom. The summed E-state index contributed by atoms with van der Waals surface area (Å²) < 4.78 is 12.4. The fourth-order valence-electron chi connectivity index (χ4n) is 1.87. The third-order valence-electron chi connectivity index (χ3n) is 2.82. The molecule has 0 aliphatic heterocycles. The molecular weight excluding hydrogens is 270 g/mol. The van der Waals surface area contributed by atoms with Crippen LogP contribution in [-0.4, -0.2) is 22.4 Å². The van der Waals surface area contributed by atoms with Gasteiger partial charge in [-0.2, -0.15) is 5.10 Å². The molecule has 6 heteroatoms. The summed E-state index contributed by atoms with van der Waals surface area (Å²) in [5.41, 5.74) is 6.45. The van der Waals surface area contributed by atoms with E-state index in [-0.39, 0.29) is 0 Å². The molecular formula is C15H19N3O3. The third-order valence-corrected chi connectivity index (χ3v) is 2.82. The van der Waals surface area contributed by atoms with Crippen molar-refractivity contribution in [1.82, 2.24) is 9.78 Å². The summed E-state index contributed by atoms with van der Waals surface area (Å²) in [6.45, 7) is 4.96. The number of aryl methyl sites for hydroxylation is 1. The molecule has 0 radical (unpaired) electrons. The van der Waals surface area contributed by atoms with E-state index in [9.17, 15) is 4.79 Å². The number of carbonyl (C=O) groups excluding carboxylic acids is 1. The molecule has 1 heterocycles. The number of ether oxygens (including phenoxy) is 2. The number of anilines is 1. The summed E-state index contributed by atoms with van der Waals surface area (Å²) in [5, 5.41) is 4.18. The Kier molecular flexibility index (Phi) is 4.81. The highest BCUT2D eigenvalue weighted by Gasteiger charge is 2.12. The minimum Gasteiger partial charge on any atom is -0.462 e. The van der Waals surface area contributed by atoms with Crippen molar-refractivity contribution < 1.29 is 14.3 Å². The maximum atomic E-state index is 11.8. The zero-order valence-corrected chi connectivity index (χ0v) is 12.2. The second-order valence-corrected chi connectivity index (χ2v) is 4.51. The summed E-state index contributed by atoms with van der Waals surface area (Å²) in [6, 6.07) is 4.90. The topological polar surface area (TPSA) is 79.4 Å². The lowest BCUT2D eigenvalue weighted by atomic mass is 10.2. The molecule has 112 valence electrons. The minimum atomic E-state index is -0.456. The summed E-state index contributed by atoms with van der Waals surface area (Å²) in [6.07, 6.45) is 4.44. The number of carbonyl (C=O) groups is 1. The summed E-state index contributed by atoms with van der Waals surface area (Å²) >= 11 is 0. The average Bonchev–Trinajstić information content (AvgIpc) is 2.89. The molecule has 2 aromatic rings. The average molecular weight is 289 g/mol. The predicted octanol–water partition coefficient (Wildman–Crippen LogP) is 2.84.